The van der Waals surface area contributed by atoms with Crippen LogP contribution in [-0.4, -0.2) is 32.0 Å². The second-order valence-corrected chi connectivity index (χ2v) is 4.48. The Labute approximate surface area is 111 Å². The highest BCUT2D eigenvalue weighted by molar-refractivity contribution is 6.06. The van der Waals surface area contributed by atoms with Gasteiger partial charge in [0.25, 0.3) is 0 Å². The molecule has 0 fully saturated rings. The van der Waals surface area contributed by atoms with Gasteiger partial charge in [0, 0.05) is 12.5 Å². The van der Waals surface area contributed by atoms with Crippen LogP contribution >= 0.6 is 0 Å². The van der Waals surface area contributed by atoms with Crippen molar-refractivity contribution in [1.82, 2.24) is 5.32 Å². The van der Waals surface area contributed by atoms with Crippen molar-refractivity contribution in [2.24, 2.45) is 0 Å². The molecular weight excluding hydrogens is 246 g/mol. The van der Waals surface area contributed by atoms with Crippen LogP contribution < -0.4 is 14.8 Å². The minimum atomic E-state index is -0.481. The zero-order valence-corrected chi connectivity index (χ0v) is 11.3. The van der Waals surface area contributed by atoms with Crippen molar-refractivity contribution in [1.29, 1.82) is 0 Å². The van der Waals surface area contributed by atoms with Crippen LogP contribution in [0.25, 0.3) is 0 Å². The Morgan fingerprint density at radius 2 is 1.89 bits per heavy atom. The first-order valence-corrected chi connectivity index (χ1v) is 6.13. The Kier molecular flexibility index (Phi) is 3.74. The highest BCUT2D eigenvalue weighted by Crippen LogP contribution is 2.35. The molecule has 102 valence electrons. The topological polar surface area (TPSA) is 64.6 Å². The monoisotopic (exact) mass is 263 g/mol. The molecule has 1 aromatic carbocycles. The lowest BCUT2D eigenvalue weighted by Crippen LogP contribution is -2.42. The van der Waals surface area contributed by atoms with Gasteiger partial charge < -0.3 is 14.8 Å². The Morgan fingerprint density at radius 3 is 2.47 bits per heavy atom. The van der Waals surface area contributed by atoms with E-state index in [9.17, 15) is 9.59 Å². The second-order valence-electron chi connectivity index (χ2n) is 4.48. The molecule has 1 aliphatic carbocycles. The second kappa shape index (κ2) is 5.30. The van der Waals surface area contributed by atoms with Gasteiger partial charge >= 0.3 is 0 Å². The van der Waals surface area contributed by atoms with E-state index < -0.39 is 6.04 Å². The van der Waals surface area contributed by atoms with Gasteiger partial charge in [-0.15, -0.1) is 0 Å². The molecule has 1 aliphatic rings. The largest absolute Gasteiger partial charge is 0.496 e. The van der Waals surface area contributed by atoms with E-state index >= 15 is 0 Å². The van der Waals surface area contributed by atoms with Gasteiger partial charge in [-0.05, 0) is 25.0 Å². The summed E-state index contributed by atoms with van der Waals surface area (Å²) in [6.07, 6.45) is 1.25. The summed E-state index contributed by atoms with van der Waals surface area (Å²) in [5, 5.41) is 2.68. The maximum absolute atomic E-state index is 12.4. The first-order valence-electron chi connectivity index (χ1n) is 6.13. The maximum Gasteiger partial charge on any atom is 0.217 e. The number of methoxy groups -OCH3 is 2. The van der Waals surface area contributed by atoms with Crippen LogP contribution in [0.4, 0.5) is 0 Å². The summed E-state index contributed by atoms with van der Waals surface area (Å²) in [5.74, 6) is 0.886. The molecule has 0 heterocycles. The number of amides is 1. The van der Waals surface area contributed by atoms with Crippen LogP contribution in [0.1, 0.15) is 29.3 Å². The molecule has 1 atom stereocenters. The highest BCUT2D eigenvalue weighted by atomic mass is 16.5. The number of hydrogen-bond acceptors (Lipinski definition) is 4. The molecular formula is C14H17NO4. The Hall–Kier alpha value is -2.04. The number of carbonyl (C=O) groups excluding carboxylic acids is 2. The number of nitrogens with one attached hydrogen (secondary N) is 1. The lowest BCUT2D eigenvalue weighted by molar-refractivity contribution is -0.119. The van der Waals surface area contributed by atoms with E-state index in [-0.39, 0.29) is 11.7 Å². The quantitative estimate of drug-likeness (QED) is 0.893. The van der Waals surface area contributed by atoms with E-state index in [1.807, 2.05) is 0 Å². The number of carbonyl (C=O) groups is 2. The van der Waals surface area contributed by atoms with Gasteiger partial charge in [0.05, 0.1) is 25.8 Å². The lowest BCUT2D eigenvalue weighted by Gasteiger charge is -2.26. The molecule has 0 aliphatic heterocycles. The fourth-order valence-corrected chi connectivity index (χ4v) is 2.46. The van der Waals surface area contributed by atoms with E-state index in [0.29, 0.717) is 29.9 Å². The van der Waals surface area contributed by atoms with Crippen molar-refractivity contribution < 1.29 is 19.1 Å². The average Bonchev–Trinajstić information content (AvgIpc) is 2.40. The highest BCUT2D eigenvalue weighted by Gasteiger charge is 2.32. The zero-order valence-electron chi connectivity index (χ0n) is 11.3. The summed E-state index contributed by atoms with van der Waals surface area (Å²) >= 11 is 0. The molecule has 0 radical (unpaired) electrons. The van der Waals surface area contributed by atoms with Crippen LogP contribution in [0, 0.1) is 0 Å². The Balaban J connectivity index is 2.46. The van der Waals surface area contributed by atoms with Crippen molar-refractivity contribution in [3.63, 3.8) is 0 Å². The van der Waals surface area contributed by atoms with Crippen LogP contribution in [0.15, 0.2) is 12.1 Å². The zero-order chi connectivity index (χ0) is 14.0. The van der Waals surface area contributed by atoms with Gasteiger partial charge in [-0.2, -0.15) is 0 Å². The van der Waals surface area contributed by atoms with Gasteiger partial charge in [0.2, 0.25) is 5.91 Å². The molecule has 2 rings (SSSR count). The third kappa shape index (κ3) is 2.41. The van der Waals surface area contributed by atoms with Crippen LogP contribution in [0.5, 0.6) is 11.5 Å². The third-order valence-corrected chi connectivity index (χ3v) is 3.29. The molecule has 0 bridgehead atoms. The number of ketones is 1. The fourth-order valence-electron chi connectivity index (χ4n) is 2.46. The van der Waals surface area contributed by atoms with E-state index in [4.69, 9.17) is 9.47 Å². The molecule has 0 unspecified atom stereocenters. The molecule has 5 heteroatoms. The molecule has 1 N–H and O–H groups in total. The molecule has 0 saturated heterocycles. The van der Waals surface area contributed by atoms with Crippen molar-refractivity contribution in [3.05, 3.63) is 23.3 Å². The number of rotatable bonds is 3. The molecule has 19 heavy (non-hydrogen) atoms. The Bertz CT molecular complexity index is 524. The molecule has 0 aromatic heterocycles. The molecule has 1 aromatic rings. The van der Waals surface area contributed by atoms with E-state index in [1.54, 1.807) is 19.2 Å². The normalized spacial score (nSPS) is 17.6. The van der Waals surface area contributed by atoms with Crippen LogP contribution in [-0.2, 0) is 11.2 Å². The van der Waals surface area contributed by atoms with Crippen molar-refractivity contribution in [3.8, 4) is 11.5 Å². The molecule has 0 spiro atoms. The van der Waals surface area contributed by atoms with Crippen LogP contribution in [0.2, 0.25) is 0 Å². The maximum atomic E-state index is 12.4. The van der Waals surface area contributed by atoms with Gasteiger partial charge in [-0.25, -0.2) is 0 Å². The summed E-state index contributed by atoms with van der Waals surface area (Å²) in [6.45, 7) is 1.41. The number of fused-ring (bicyclic) bond motifs is 1. The predicted octanol–water partition coefficient (Wildman–Crippen LogP) is 1.34. The first-order chi connectivity index (χ1) is 9.08. The summed E-state index contributed by atoms with van der Waals surface area (Å²) < 4.78 is 10.5. The lowest BCUT2D eigenvalue weighted by atomic mass is 9.85. The fraction of sp³-hybridized carbons (Fsp3) is 0.429. The summed E-state index contributed by atoms with van der Waals surface area (Å²) in [5.41, 5.74) is 1.38. The van der Waals surface area contributed by atoms with Crippen molar-refractivity contribution in [2.45, 2.75) is 25.8 Å². The number of Topliss-reactive ketones (excluding diaryl/α,β-unsaturated/α-hetero) is 1. The van der Waals surface area contributed by atoms with Gasteiger partial charge in [0.15, 0.2) is 5.78 Å². The minimum Gasteiger partial charge on any atom is -0.496 e. The number of hydrogen-bond donors (Lipinski definition) is 1. The van der Waals surface area contributed by atoms with Gasteiger partial charge in [-0.1, -0.05) is 0 Å². The third-order valence-electron chi connectivity index (χ3n) is 3.29. The standard InChI is InChI=1S/C14H17NO4/c1-8(16)15-10-5-4-9-11(18-2)6-7-12(19-3)13(9)14(10)17/h6-7,10H,4-5H2,1-3H3,(H,15,16)/t10-/m0/s1. The van der Waals surface area contributed by atoms with E-state index in [2.05, 4.69) is 5.32 Å². The average molecular weight is 263 g/mol. The SMILES string of the molecule is COc1ccc(OC)c2c1CC[C@H](NC(C)=O)C2=O. The smallest absolute Gasteiger partial charge is 0.217 e. The first kappa shape index (κ1) is 13.4. The van der Waals surface area contributed by atoms with Crippen LogP contribution in [0.3, 0.4) is 0 Å². The van der Waals surface area contributed by atoms with Gasteiger partial charge in [-0.3, -0.25) is 9.59 Å². The van der Waals surface area contributed by atoms with Crippen molar-refractivity contribution >= 4 is 11.7 Å². The summed E-state index contributed by atoms with van der Waals surface area (Å²) in [6, 6.07) is 3.03. The molecule has 0 saturated carbocycles. The van der Waals surface area contributed by atoms with Crippen molar-refractivity contribution in [2.75, 3.05) is 14.2 Å². The predicted molar refractivity (Wildman–Crippen MR) is 69.8 cm³/mol. The van der Waals surface area contributed by atoms with E-state index in [1.165, 1.54) is 14.0 Å². The summed E-state index contributed by atoms with van der Waals surface area (Å²) in [7, 11) is 3.10. The number of ether oxygens (including phenoxy) is 2. The molecule has 5 nitrogen and oxygen atoms in total. The van der Waals surface area contributed by atoms with E-state index in [0.717, 1.165) is 5.56 Å². The number of benzene rings is 1. The summed E-state index contributed by atoms with van der Waals surface area (Å²) in [4.78, 5) is 23.6. The van der Waals surface area contributed by atoms with Gasteiger partial charge in [0.1, 0.15) is 11.5 Å². The minimum absolute atomic E-state index is 0.118. The molecule has 1 amide bonds. The Morgan fingerprint density at radius 1 is 1.26 bits per heavy atom.